The number of nitrogens with two attached hydrogens (primary N) is 2. The SMILES string of the molecule is NC(=O)c1ccc(F)c(-c2ccccc2)c1N. The van der Waals surface area contributed by atoms with Crippen LogP contribution in [0.15, 0.2) is 42.5 Å². The molecule has 2 aromatic carbocycles. The molecule has 0 aliphatic carbocycles. The van der Waals surface area contributed by atoms with Crippen molar-refractivity contribution in [2.45, 2.75) is 0 Å². The van der Waals surface area contributed by atoms with Crippen molar-refractivity contribution < 1.29 is 9.18 Å². The average Bonchev–Trinajstić information content (AvgIpc) is 2.30. The first-order valence-corrected chi connectivity index (χ1v) is 5.04. The van der Waals surface area contributed by atoms with Crippen LogP contribution >= 0.6 is 0 Å². The van der Waals surface area contributed by atoms with E-state index in [1.807, 2.05) is 6.07 Å². The number of rotatable bonds is 2. The first kappa shape index (κ1) is 11.1. The molecule has 4 heteroatoms. The third kappa shape index (κ3) is 1.97. The van der Waals surface area contributed by atoms with Gasteiger partial charge in [0.15, 0.2) is 0 Å². The Labute approximate surface area is 97.9 Å². The van der Waals surface area contributed by atoms with Gasteiger partial charge in [-0.1, -0.05) is 30.3 Å². The van der Waals surface area contributed by atoms with E-state index in [1.54, 1.807) is 24.3 Å². The van der Waals surface area contributed by atoms with Gasteiger partial charge < -0.3 is 11.5 Å². The number of nitrogen functional groups attached to an aromatic ring is 1. The molecule has 1 amide bonds. The summed E-state index contributed by atoms with van der Waals surface area (Å²) in [5.41, 5.74) is 12.0. The monoisotopic (exact) mass is 230 g/mol. The van der Waals surface area contributed by atoms with E-state index < -0.39 is 11.7 Å². The minimum atomic E-state index is -0.667. The van der Waals surface area contributed by atoms with Gasteiger partial charge in [-0.15, -0.1) is 0 Å². The number of primary amides is 1. The molecule has 4 N–H and O–H groups in total. The van der Waals surface area contributed by atoms with Crippen molar-refractivity contribution in [3.05, 3.63) is 53.8 Å². The van der Waals surface area contributed by atoms with Crippen LogP contribution in [0.5, 0.6) is 0 Å². The maximum Gasteiger partial charge on any atom is 0.250 e. The maximum atomic E-state index is 13.7. The Kier molecular flexibility index (Phi) is 2.78. The van der Waals surface area contributed by atoms with Crippen LogP contribution in [0, 0.1) is 5.82 Å². The van der Waals surface area contributed by atoms with Crippen LogP contribution in [0.3, 0.4) is 0 Å². The number of halogens is 1. The molecule has 0 unspecified atom stereocenters. The Morgan fingerprint density at radius 1 is 1.06 bits per heavy atom. The number of carbonyl (C=O) groups is 1. The average molecular weight is 230 g/mol. The summed E-state index contributed by atoms with van der Waals surface area (Å²) in [6.07, 6.45) is 0. The largest absolute Gasteiger partial charge is 0.397 e. The van der Waals surface area contributed by atoms with Crippen molar-refractivity contribution >= 4 is 11.6 Å². The maximum absolute atomic E-state index is 13.7. The zero-order valence-electron chi connectivity index (χ0n) is 8.98. The Morgan fingerprint density at radius 3 is 2.29 bits per heavy atom. The highest BCUT2D eigenvalue weighted by atomic mass is 19.1. The Hall–Kier alpha value is -2.36. The molecular weight excluding hydrogens is 219 g/mol. The molecule has 0 radical (unpaired) electrons. The normalized spacial score (nSPS) is 10.2. The molecule has 2 rings (SSSR count). The van der Waals surface area contributed by atoms with Gasteiger partial charge in [0, 0.05) is 5.56 Å². The summed E-state index contributed by atoms with van der Waals surface area (Å²) in [6, 6.07) is 11.3. The van der Waals surface area contributed by atoms with E-state index in [0.717, 1.165) is 0 Å². The van der Waals surface area contributed by atoms with Crippen LogP contribution < -0.4 is 11.5 Å². The minimum absolute atomic E-state index is 0.0729. The van der Waals surface area contributed by atoms with Crippen LogP contribution in [0.25, 0.3) is 11.1 Å². The van der Waals surface area contributed by atoms with Crippen LogP contribution in [0.4, 0.5) is 10.1 Å². The lowest BCUT2D eigenvalue weighted by molar-refractivity contribution is 0.100. The molecule has 0 aliphatic rings. The predicted molar refractivity (Wildman–Crippen MR) is 64.8 cm³/mol. The van der Waals surface area contributed by atoms with E-state index in [4.69, 9.17) is 11.5 Å². The summed E-state index contributed by atoms with van der Waals surface area (Å²) in [6.45, 7) is 0. The van der Waals surface area contributed by atoms with Gasteiger partial charge in [-0.3, -0.25) is 4.79 Å². The third-order valence-corrected chi connectivity index (χ3v) is 2.52. The fourth-order valence-electron chi connectivity index (χ4n) is 1.71. The summed E-state index contributed by atoms with van der Waals surface area (Å²) < 4.78 is 13.7. The van der Waals surface area contributed by atoms with Gasteiger partial charge in [0.05, 0.1) is 11.3 Å². The van der Waals surface area contributed by atoms with E-state index in [-0.39, 0.29) is 16.8 Å². The van der Waals surface area contributed by atoms with E-state index in [0.29, 0.717) is 5.56 Å². The second-order valence-electron chi connectivity index (χ2n) is 3.61. The van der Waals surface area contributed by atoms with Crippen LogP contribution in [0.1, 0.15) is 10.4 Å². The fourth-order valence-corrected chi connectivity index (χ4v) is 1.71. The molecular formula is C13H11FN2O. The van der Waals surface area contributed by atoms with Crippen molar-refractivity contribution in [2.24, 2.45) is 5.73 Å². The van der Waals surface area contributed by atoms with E-state index in [1.165, 1.54) is 12.1 Å². The molecule has 2 aromatic rings. The van der Waals surface area contributed by atoms with Crippen LogP contribution in [-0.2, 0) is 0 Å². The molecule has 0 aromatic heterocycles. The second kappa shape index (κ2) is 4.25. The van der Waals surface area contributed by atoms with Crippen molar-refractivity contribution in [2.75, 3.05) is 5.73 Å². The summed E-state index contributed by atoms with van der Waals surface area (Å²) in [4.78, 5) is 11.1. The molecule has 0 aliphatic heterocycles. The Bertz CT molecular complexity index is 567. The smallest absolute Gasteiger partial charge is 0.250 e. The van der Waals surface area contributed by atoms with Gasteiger partial charge in [-0.25, -0.2) is 4.39 Å². The fraction of sp³-hybridized carbons (Fsp3) is 0. The number of anilines is 1. The molecule has 86 valence electrons. The standard InChI is InChI=1S/C13H11FN2O/c14-10-7-6-9(13(16)17)12(15)11(10)8-4-2-1-3-5-8/h1-7H,15H2,(H2,16,17). The Morgan fingerprint density at radius 2 is 1.71 bits per heavy atom. The molecule has 0 atom stereocenters. The highest BCUT2D eigenvalue weighted by Gasteiger charge is 2.15. The number of carbonyl (C=O) groups excluding carboxylic acids is 1. The van der Waals surface area contributed by atoms with Gasteiger partial charge in [0.1, 0.15) is 5.82 Å². The molecule has 17 heavy (non-hydrogen) atoms. The van der Waals surface area contributed by atoms with Crippen molar-refractivity contribution in [1.29, 1.82) is 0 Å². The van der Waals surface area contributed by atoms with E-state index in [2.05, 4.69) is 0 Å². The highest BCUT2D eigenvalue weighted by molar-refractivity contribution is 6.01. The molecule has 0 bridgehead atoms. The van der Waals surface area contributed by atoms with Gasteiger partial charge in [0.2, 0.25) is 0 Å². The second-order valence-corrected chi connectivity index (χ2v) is 3.61. The molecule has 0 fully saturated rings. The number of benzene rings is 2. The van der Waals surface area contributed by atoms with Gasteiger partial charge in [0.25, 0.3) is 5.91 Å². The van der Waals surface area contributed by atoms with E-state index >= 15 is 0 Å². The first-order chi connectivity index (χ1) is 8.11. The molecule has 0 saturated carbocycles. The van der Waals surface area contributed by atoms with E-state index in [9.17, 15) is 9.18 Å². The zero-order valence-corrected chi connectivity index (χ0v) is 8.98. The lowest BCUT2D eigenvalue weighted by Crippen LogP contribution is -2.14. The number of amides is 1. The van der Waals surface area contributed by atoms with Gasteiger partial charge in [-0.2, -0.15) is 0 Å². The topological polar surface area (TPSA) is 69.1 Å². The quantitative estimate of drug-likeness (QED) is 0.776. The van der Waals surface area contributed by atoms with Gasteiger partial charge in [-0.05, 0) is 17.7 Å². The van der Waals surface area contributed by atoms with Crippen molar-refractivity contribution in [1.82, 2.24) is 0 Å². The lowest BCUT2D eigenvalue weighted by Gasteiger charge is -2.10. The van der Waals surface area contributed by atoms with Gasteiger partial charge >= 0.3 is 0 Å². The molecule has 0 spiro atoms. The Balaban J connectivity index is 2.69. The predicted octanol–water partition coefficient (Wildman–Crippen LogP) is 2.17. The molecule has 3 nitrogen and oxygen atoms in total. The van der Waals surface area contributed by atoms with Crippen molar-refractivity contribution in [3.63, 3.8) is 0 Å². The van der Waals surface area contributed by atoms with Crippen LogP contribution in [0.2, 0.25) is 0 Å². The number of hydrogen-bond donors (Lipinski definition) is 2. The zero-order chi connectivity index (χ0) is 12.4. The summed E-state index contributed by atoms with van der Waals surface area (Å²) >= 11 is 0. The summed E-state index contributed by atoms with van der Waals surface area (Å²) in [7, 11) is 0. The number of hydrogen-bond acceptors (Lipinski definition) is 2. The summed E-state index contributed by atoms with van der Waals surface area (Å²) in [5.74, 6) is -1.14. The summed E-state index contributed by atoms with van der Waals surface area (Å²) in [5, 5.41) is 0. The van der Waals surface area contributed by atoms with Crippen molar-refractivity contribution in [3.8, 4) is 11.1 Å². The molecule has 0 saturated heterocycles. The highest BCUT2D eigenvalue weighted by Crippen LogP contribution is 2.31. The van der Waals surface area contributed by atoms with Crippen LogP contribution in [-0.4, -0.2) is 5.91 Å². The first-order valence-electron chi connectivity index (χ1n) is 5.04. The molecule has 0 heterocycles. The lowest BCUT2D eigenvalue weighted by atomic mass is 9.99. The minimum Gasteiger partial charge on any atom is -0.397 e. The third-order valence-electron chi connectivity index (χ3n) is 2.52.